The van der Waals surface area contributed by atoms with Crippen molar-refractivity contribution in [2.24, 2.45) is 0 Å². The van der Waals surface area contributed by atoms with Gasteiger partial charge in [-0.1, -0.05) is 12.1 Å². The zero-order valence-electron chi connectivity index (χ0n) is 17.9. The smallest absolute Gasteiger partial charge is 0.243 e. The van der Waals surface area contributed by atoms with Crippen LogP contribution in [0, 0.1) is 6.92 Å². The molecule has 0 aliphatic heterocycles. The average Bonchev–Trinajstić information content (AvgIpc) is 3.17. The summed E-state index contributed by atoms with van der Waals surface area (Å²) in [4.78, 5) is 17.0. The van der Waals surface area contributed by atoms with Gasteiger partial charge >= 0.3 is 0 Å². The highest BCUT2D eigenvalue weighted by Crippen LogP contribution is 2.24. The molecular formula is C22H26N4O4S. The standard InChI is InChI=1S/C22H26N4O4S/c1-16(26(31(4,28)29)20-9-11-21(30-3)12-10-20)22(27)24-15-18-5-7-19(8-6-18)25-14-13-23-17(25)2/h5-14,16H,15H2,1-4H3,(H,24,27)/t16-/m0/s1. The van der Waals surface area contributed by atoms with Gasteiger partial charge in [0.05, 0.1) is 19.1 Å². The second-order valence-corrected chi connectivity index (χ2v) is 9.02. The maximum absolute atomic E-state index is 12.7. The number of methoxy groups -OCH3 is 1. The highest BCUT2D eigenvalue weighted by atomic mass is 32.2. The van der Waals surface area contributed by atoms with Crippen LogP contribution in [0.5, 0.6) is 5.75 Å². The van der Waals surface area contributed by atoms with Gasteiger partial charge in [-0.2, -0.15) is 0 Å². The molecule has 0 fully saturated rings. The van der Waals surface area contributed by atoms with Crippen LogP contribution in [0.25, 0.3) is 5.69 Å². The van der Waals surface area contributed by atoms with Crippen LogP contribution < -0.4 is 14.4 Å². The fourth-order valence-corrected chi connectivity index (χ4v) is 4.47. The van der Waals surface area contributed by atoms with Crippen molar-refractivity contribution in [3.63, 3.8) is 0 Å². The summed E-state index contributed by atoms with van der Waals surface area (Å²) in [5, 5.41) is 2.82. The predicted molar refractivity (Wildman–Crippen MR) is 120 cm³/mol. The summed E-state index contributed by atoms with van der Waals surface area (Å²) in [7, 11) is -2.15. The summed E-state index contributed by atoms with van der Waals surface area (Å²) in [6, 6.07) is 13.3. The summed E-state index contributed by atoms with van der Waals surface area (Å²) in [5.41, 5.74) is 2.27. The summed E-state index contributed by atoms with van der Waals surface area (Å²) >= 11 is 0. The van der Waals surface area contributed by atoms with Crippen molar-refractivity contribution in [1.82, 2.24) is 14.9 Å². The van der Waals surface area contributed by atoms with Gasteiger partial charge in [0.2, 0.25) is 15.9 Å². The van der Waals surface area contributed by atoms with E-state index in [1.54, 1.807) is 37.4 Å². The number of carbonyl (C=O) groups is 1. The maximum atomic E-state index is 12.7. The fraction of sp³-hybridized carbons (Fsp3) is 0.273. The van der Waals surface area contributed by atoms with Crippen LogP contribution in [-0.4, -0.2) is 43.3 Å². The Kier molecular flexibility index (Phi) is 6.65. The number of ether oxygens (including phenoxy) is 1. The number of rotatable bonds is 8. The number of nitrogens with zero attached hydrogens (tertiary/aromatic N) is 3. The Morgan fingerprint density at radius 1 is 1.16 bits per heavy atom. The first-order chi connectivity index (χ1) is 14.7. The van der Waals surface area contributed by atoms with Crippen molar-refractivity contribution in [2.45, 2.75) is 26.4 Å². The molecule has 1 atom stereocenters. The molecule has 0 saturated carbocycles. The van der Waals surface area contributed by atoms with Crippen molar-refractivity contribution < 1.29 is 17.9 Å². The van der Waals surface area contributed by atoms with Crippen LogP contribution in [0.15, 0.2) is 60.9 Å². The normalized spacial score (nSPS) is 12.3. The van der Waals surface area contributed by atoms with Gasteiger partial charge in [0.15, 0.2) is 0 Å². The third kappa shape index (κ3) is 5.24. The monoisotopic (exact) mass is 442 g/mol. The van der Waals surface area contributed by atoms with E-state index in [0.29, 0.717) is 11.4 Å². The number of hydrogen-bond donors (Lipinski definition) is 1. The van der Waals surface area contributed by atoms with Crippen molar-refractivity contribution in [2.75, 3.05) is 17.7 Å². The highest BCUT2D eigenvalue weighted by Gasteiger charge is 2.29. The molecule has 0 aliphatic rings. The molecule has 9 heteroatoms. The van der Waals surface area contributed by atoms with Gasteiger partial charge in [0.1, 0.15) is 17.6 Å². The lowest BCUT2D eigenvalue weighted by Crippen LogP contribution is -2.47. The number of amides is 1. The molecule has 1 heterocycles. The summed E-state index contributed by atoms with van der Waals surface area (Å²) in [6.45, 7) is 3.77. The number of benzene rings is 2. The summed E-state index contributed by atoms with van der Waals surface area (Å²) < 4.78 is 33.0. The molecule has 0 aliphatic carbocycles. The van der Waals surface area contributed by atoms with Crippen LogP contribution in [0.2, 0.25) is 0 Å². The largest absolute Gasteiger partial charge is 0.497 e. The molecule has 0 spiro atoms. The average molecular weight is 443 g/mol. The van der Waals surface area contributed by atoms with Crippen LogP contribution in [0.3, 0.4) is 0 Å². The molecule has 1 N–H and O–H groups in total. The quantitative estimate of drug-likeness (QED) is 0.579. The molecule has 0 radical (unpaired) electrons. The van der Waals surface area contributed by atoms with E-state index in [1.165, 1.54) is 7.11 Å². The lowest BCUT2D eigenvalue weighted by Gasteiger charge is -2.28. The van der Waals surface area contributed by atoms with E-state index in [9.17, 15) is 13.2 Å². The molecule has 0 unspecified atom stereocenters. The lowest BCUT2D eigenvalue weighted by molar-refractivity contribution is -0.122. The molecule has 0 saturated heterocycles. The Bertz CT molecular complexity index is 1140. The number of sulfonamides is 1. The van der Waals surface area contributed by atoms with E-state index < -0.39 is 22.0 Å². The minimum atomic E-state index is -3.68. The van der Waals surface area contributed by atoms with E-state index in [2.05, 4.69) is 10.3 Å². The van der Waals surface area contributed by atoms with Gasteiger partial charge in [-0.05, 0) is 55.8 Å². The minimum absolute atomic E-state index is 0.284. The van der Waals surface area contributed by atoms with Gasteiger partial charge in [0, 0.05) is 24.6 Å². The van der Waals surface area contributed by atoms with Gasteiger partial charge in [0.25, 0.3) is 0 Å². The Morgan fingerprint density at radius 2 is 1.81 bits per heavy atom. The first kappa shape index (κ1) is 22.4. The van der Waals surface area contributed by atoms with Gasteiger partial charge in [-0.15, -0.1) is 0 Å². The molecule has 0 bridgehead atoms. The van der Waals surface area contributed by atoms with Crippen LogP contribution in [-0.2, 0) is 21.4 Å². The molecule has 3 rings (SSSR count). The molecule has 164 valence electrons. The number of anilines is 1. The number of aromatic nitrogens is 2. The van der Waals surface area contributed by atoms with Crippen molar-refractivity contribution in [3.8, 4) is 11.4 Å². The highest BCUT2D eigenvalue weighted by molar-refractivity contribution is 7.92. The predicted octanol–water partition coefficient (Wildman–Crippen LogP) is 2.66. The summed E-state index contributed by atoms with van der Waals surface area (Å²) in [6.07, 6.45) is 4.70. The van der Waals surface area contributed by atoms with Gasteiger partial charge < -0.3 is 14.6 Å². The SMILES string of the molecule is COc1ccc(N([C@@H](C)C(=O)NCc2ccc(-n3ccnc3C)cc2)S(C)(=O)=O)cc1. The Morgan fingerprint density at radius 3 is 2.32 bits per heavy atom. The number of aryl methyl sites for hydroxylation is 1. The third-order valence-corrected chi connectivity index (χ3v) is 6.16. The molecule has 3 aromatic rings. The Hall–Kier alpha value is -3.33. The van der Waals surface area contributed by atoms with Crippen LogP contribution >= 0.6 is 0 Å². The first-order valence-electron chi connectivity index (χ1n) is 9.71. The fourth-order valence-electron chi connectivity index (χ4n) is 3.30. The Balaban J connectivity index is 1.69. The molecule has 8 nitrogen and oxygen atoms in total. The molecule has 2 aromatic carbocycles. The minimum Gasteiger partial charge on any atom is -0.497 e. The molecular weight excluding hydrogens is 416 g/mol. The second-order valence-electron chi connectivity index (χ2n) is 7.16. The topological polar surface area (TPSA) is 93.5 Å². The zero-order chi connectivity index (χ0) is 22.6. The van der Waals surface area contributed by atoms with Crippen molar-refractivity contribution in [3.05, 3.63) is 72.3 Å². The van der Waals surface area contributed by atoms with E-state index in [1.807, 2.05) is 42.0 Å². The van der Waals surface area contributed by atoms with E-state index >= 15 is 0 Å². The molecule has 31 heavy (non-hydrogen) atoms. The van der Waals surface area contributed by atoms with Crippen molar-refractivity contribution >= 4 is 21.6 Å². The van der Waals surface area contributed by atoms with E-state index in [4.69, 9.17) is 4.74 Å². The first-order valence-corrected chi connectivity index (χ1v) is 11.6. The number of nitrogens with one attached hydrogen (secondary N) is 1. The zero-order valence-corrected chi connectivity index (χ0v) is 18.8. The van der Waals surface area contributed by atoms with Gasteiger partial charge in [-0.25, -0.2) is 13.4 Å². The second kappa shape index (κ2) is 9.22. The molecule has 1 aromatic heterocycles. The number of imidazole rings is 1. The van der Waals surface area contributed by atoms with E-state index in [0.717, 1.165) is 27.6 Å². The molecule has 1 amide bonds. The third-order valence-electron chi connectivity index (χ3n) is 4.92. The summed E-state index contributed by atoms with van der Waals surface area (Å²) in [5.74, 6) is 1.09. The Labute approximate surface area is 182 Å². The maximum Gasteiger partial charge on any atom is 0.243 e. The van der Waals surface area contributed by atoms with E-state index in [-0.39, 0.29) is 6.54 Å². The number of carbonyl (C=O) groups excluding carboxylic acids is 1. The number of hydrogen-bond acceptors (Lipinski definition) is 5. The van der Waals surface area contributed by atoms with Crippen molar-refractivity contribution in [1.29, 1.82) is 0 Å². The van der Waals surface area contributed by atoms with Crippen LogP contribution in [0.1, 0.15) is 18.3 Å². The van der Waals surface area contributed by atoms with Gasteiger partial charge in [-0.3, -0.25) is 9.10 Å². The lowest BCUT2D eigenvalue weighted by atomic mass is 10.2. The van der Waals surface area contributed by atoms with Crippen LogP contribution in [0.4, 0.5) is 5.69 Å².